The summed E-state index contributed by atoms with van der Waals surface area (Å²) in [5.74, 6) is 1.14. The highest BCUT2D eigenvalue weighted by atomic mass is 15.2. The number of aryl methyl sites for hydroxylation is 1. The summed E-state index contributed by atoms with van der Waals surface area (Å²) in [6.07, 6.45) is 10.1. The lowest BCUT2D eigenvalue weighted by molar-refractivity contribution is 0.141. The van der Waals surface area contributed by atoms with Crippen LogP contribution < -0.4 is 0 Å². The van der Waals surface area contributed by atoms with Gasteiger partial charge in [-0.25, -0.2) is 4.98 Å². The summed E-state index contributed by atoms with van der Waals surface area (Å²) >= 11 is 0. The molecule has 1 atom stereocenters. The average molecular weight is 269 g/mol. The topological polar surface area (TPSA) is 31.9 Å². The van der Waals surface area contributed by atoms with Crippen LogP contribution in [0.3, 0.4) is 0 Å². The SMILES string of the molecule is c1ccc(CCCN2CCCC[C@@H]2c2ncc[nH]2)cc1. The van der Waals surface area contributed by atoms with Gasteiger partial charge in [-0.05, 0) is 44.3 Å². The van der Waals surface area contributed by atoms with E-state index in [9.17, 15) is 0 Å². The molecule has 3 rings (SSSR count). The van der Waals surface area contributed by atoms with Crippen LogP contribution in [0.2, 0.25) is 0 Å². The van der Waals surface area contributed by atoms with Gasteiger partial charge in [-0.2, -0.15) is 0 Å². The summed E-state index contributed by atoms with van der Waals surface area (Å²) in [7, 11) is 0. The van der Waals surface area contributed by atoms with Crippen molar-refractivity contribution in [2.45, 2.75) is 38.1 Å². The number of H-pyrrole nitrogens is 1. The maximum atomic E-state index is 4.46. The average Bonchev–Trinajstić information content (AvgIpc) is 3.03. The summed E-state index contributed by atoms with van der Waals surface area (Å²) in [4.78, 5) is 10.4. The predicted octanol–water partition coefficient (Wildman–Crippen LogP) is 3.57. The number of piperidine rings is 1. The third kappa shape index (κ3) is 3.28. The number of imidazole rings is 1. The van der Waals surface area contributed by atoms with Crippen molar-refractivity contribution in [1.82, 2.24) is 14.9 Å². The minimum atomic E-state index is 0.495. The third-order valence-corrected chi connectivity index (χ3v) is 4.20. The van der Waals surface area contributed by atoms with Gasteiger partial charge in [-0.3, -0.25) is 4.90 Å². The number of hydrogen-bond donors (Lipinski definition) is 1. The van der Waals surface area contributed by atoms with Crippen molar-refractivity contribution in [2.75, 3.05) is 13.1 Å². The Morgan fingerprint density at radius 3 is 2.90 bits per heavy atom. The van der Waals surface area contributed by atoms with Crippen LogP contribution in [0, 0.1) is 0 Å². The molecule has 0 spiro atoms. The first-order valence-corrected chi connectivity index (χ1v) is 7.71. The Labute approximate surface area is 121 Å². The summed E-state index contributed by atoms with van der Waals surface area (Å²) < 4.78 is 0. The molecule has 2 aromatic rings. The highest BCUT2D eigenvalue weighted by Crippen LogP contribution is 2.28. The number of aromatic nitrogens is 2. The van der Waals surface area contributed by atoms with E-state index in [4.69, 9.17) is 0 Å². The molecular formula is C17H23N3. The number of nitrogens with zero attached hydrogens (tertiary/aromatic N) is 2. The molecule has 0 unspecified atom stereocenters. The Kier molecular flexibility index (Phi) is 4.49. The second-order valence-corrected chi connectivity index (χ2v) is 5.61. The lowest BCUT2D eigenvalue weighted by atomic mass is 10.0. The number of rotatable bonds is 5. The van der Waals surface area contributed by atoms with Crippen molar-refractivity contribution in [3.8, 4) is 0 Å². The highest BCUT2D eigenvalue weighted by molar-refractivity contribution is 5.14. The van der Waals surface area contributed by atoms with E-state index < -0.39 is 0 Å². The minimum absolute atomic E-state index is 0.495. The normalized spacial score (nSPS) is 20.1. The number of aromatic amines is 1. The fourth-order valence-electron chi connectivity index (χ4n) is 3.16. The fraction of sp³-hybridized carbons (Fsp3) is 0.471. The Balaban J connectivity index is 1.55. The first kappa shape index (κ1) is 13.4. The van der Waals surface area contributed by atoms with Crippen LogP contribution in [0.25, 0.3) is 0 Å². The van der Waals surface area contributed by atoms with Crippen LogP contribution in [0.5, 0.6) is 0 Å². The van der Waals surface area contributed by atoms with Crippen LogP contribution in [0.15, 0.2) is 42.7 Å². The molecule has 1 aromatic carbocycles. The zero-order valence-electron chi connectivity index (χ0n) is 12.0. The standard InChI is InChI=1S/C17H23N3/c1-2-7-15(8-3-1)9-6-14-20-13-5-4-10-16(20)17-18-11-12-19-17/h1-3,7-8,11-12,16H,4-6,9-10,13-14H2,(H,18,19)/t16-/m1/s1. The molecule has 3 heteroatoms. The molecule has 1 saturated heterocycles. The van der Waals surface area contributed by atoms with E-state index in [2.05, 4.69) is 45.2 Å². The summed E-state index contributed by atoms with van der Waals surface area (Å²) in [6.45, 7) is 2.38. The molecule has 20 heavy (non-hydrogen) atoms. The van der Waals surface area contributed by atoms with Crippen molar-refractivity contribution in [3.05, 3.63) is 54.1 Å². The number of hydrogen-bond acceptors (Lipinski definition) is 2. The van der Waals surface area contributed by atoms with Gasteiger partial charge in [-0.1, -0.05) is 36.8 Å². The molecule has 0 saturated carbocycles. The van der Waals surface area contributed by atoms with Gasteiger partial charge in [0, 0.05) is 12.4 Å². The van der Waals surface area contributed by atoms with E-state index in [0.717, 1.165) is 5.82 Å². The summed E-state index contributed by atoms with van der Waals surface area (Å²) in [5.41, 5.74) is 1.44. The molecule has 1 fully saturated rings. The van der Waals surface area contributed by atoms with Crippen molar-refractivity contribution in [1.29, 1.82) is 0 Å². The van der Waals surface area contributed by atoms with E-state index in [1.54, 1.807) is 0 Å². The van der Waals surface area contributed by atoms with Crippen LogP contribution in [-0.4, -0.2) is 28.0 Å². The van der Waals surface area contributed by atoms with Crippen molar-refractivity contribution < 1.29 is 0 Å². The second kappa shape index (κ2) is 6.71. The Bertz CT molecular complexity index is 492. The monoisotopic (exact) mass is 269 g/mol. The third-order valence-electron chi connectivity index (χ3n) is 4.20. The van der Waals surface area contributed by atoms with Gasteiger partial charge in [0.2, 0.25) is 0 Å². The zero-order chi connectivity index (χ0) is 13.6. The largest absolute Gasteiger partial charge is 0.347 e. The minimum Gasteiger partial charge on any atom is -0.347 e. The fourth-order valence-corrected chi connectivity index (χ4v) is 3.16. The van der Waals surface area contributed by atoms with Crippen molar-refractivity contribution >= 4 is 0 Å². The molecule has 0 amide bonds. The lowest BCUT2D eigenvalue weighted by Gasteiger charge is -2.34. The van der Waals surface area contributed by atoms with Gasteiger partial charge in [0.05, 0.1) is 6.04 Å². The molecule has 1 aromatic heterocycles. The van der Waals surface area contributed by atoms with E-state index in [1.165, 1.54) is 50.8 Å². The summed E-state index contributed by atoms with van der Waals surface area (Å²) in [6, 6.07) is 11.3. The van der Waals surface area contributed by atoms with E-state index >= 15 is 0 Å². The van der Waals surface area contributed by atoms with Gasteiger partial charge in [0.1, 0.15) is 5.82 Å². The van der Waals surface area contributed by atoms with Crippen molar-refractivity contribution in [2.24, 2.45) is 0 Å². The zero-order valence-corrected chi connectivity index (χ0v) is 12.0. The molecule has 0 radical (unpaired) electrons. The Hall–Kier alpha value is -1.61. The Morgan fingerprint density at radius 2 is 2.10 bits per heavy atom. The smallest absolute Gasteiger partial charge is 0.123 e. The molecule has 3 nitrogen and oxygen atoms in total. The van der Waals surface area contributed by atoms with Crippen LogP contribution in [-0.2, 0) is 6.42 Å². The molecule has 1 N–H and O–H groups in total. The van der Waals surface area contributed by atoms with E-state index in [-0.39, 0.29) is 0 Å². The summed E-state index contributed by atoms with van der Waals surface area (Å²) in [5, 5.41) is 0. The predicted molar refractivity (Wildman–Crippen MR) is 81.5 cm³/mol. The van der Waals surface area contributed by atoms with Crippen molar-refractivity contribution in [3.63, 3.8) is 0 Å². The van der Waals surface area contributed by atoms with E-state index in [0.29, 0.717) is 6.04 Å². The van der Waals surface area contributed by atoms with Gasteiger partial charge in [0.15, 0.2) is 0 Å². The van der Waals surface area contributed by atoms with E-state index in [1.807, 2.05) is 12.4 Å². The molecular weight excluding hydrogens is 246 g/mol. The highest BCUT2D eigenvalue weighted by Gasteiger charge is 2.24. The quantitative estimate of drug-likeness (QED) is 0.900. The van der Waals surface area contributed by atoms with Crippen LogP contribution in [0.1, 0.15) is 43.1 Å². The van der Waals surface area contributed by atoms with Crippen LogP contribution in [0.4, 0.5) is 0 Å². The molecule has 1 aliphatic rings. The first-order chi connectivity index (χ1) is 9.93. The van der Waals surface area contributed by atoms with Gasteiger partial charge >= 0.3 is 0 Å². The van der Waals surface area contributed by atoms with Crippen LogP contribution >= 0.6 is 0 Å². The van der Waals surface area contributed by atoms with Gasteiger partial charge < -0.3 is 4.98 Å². The molecule has 0 aliphatic carbocycles. The number of likely N-dealkylation sites (tertiary alicyclic amines) is 1. The maximum absolute atomic E-state index is 4.46. The van der Waals surface area contributed by atoms with Gasteiger partial charge in [0.25, 0.3) is 0 Å². The van der Waals surface area contributed by atoms with Gasteiger partial charge in [-0.15, -0.1) is 0 Å². The lowest BCUT2D eigenvalue weighted by Crippen LogP contribution is -2.35. The Morgan fingerprint density at radius 1 is 1.20 bits per heavy atom. The molecule has 1 aliphatic heterocycles. The first-order valence-electron chi connectivity index (χ1n) is 7.71. The molecule has 106 valence electrons. The maximum Gasteiger partial charge on any atom is 0.123 e. The second-order valence-electron chi connectivity index (χ2n) is 5.61. The molecule has 2 heterocycles. The number of benzene rings is 1. The number of nitrogens with one attached hydrogen (secondary N) is 1. The molecule has 0 bridgehead atoms.